The number of hydrogen-bond donors (Lipinski definition) is 0. The molecule has 0 aliphatic carbocycles. The van der Waals surface area contributed by atoms with Gasteiger partial charge in [0.25, 0.3) is 0 Å². The summed E-state index contributed by atoms with van der Waals surface area (Å²) in [6.45, 7) is 9.12. The van der Waals surface area contributed by atoms with Crippen molar-refractivity contribution in [3.63, 3.8) is 0 Å². The lowest BCUT2D eigenvalue weighted by Gasteiger charge is -2.18. The zero-order valence-corrected chi connectivity index (χ0v) is 12.1. The van der Waals surface area contributed by atoms with Gasteiger partial charge in [-0.15, -0.1) is 0 Å². The quantitative estimate of drug-likeness (QED) is 0.683. The second-order valence-electron chi connectivity index (χ2n) is 5.10. The maximum Gasteiger partial charge on any atom is -0.0146 e. The van der Waals surface area contributed by atoms with E-state index in [4.69, 9.17) is 0 Å². The van der Waals surface area contributed by atoms with Gasteiger partial charge < -0.3 is 0 Å². The predicted octanol–water partition coefficient (Wildman–Crippen LogP) is 5.20. The molecule has 2 aromatic rings. The first-order valence-corrected chi connectivity index (χ1v) is 6.12. The van der Waals surface area contributed by atoms with E-state index in [1.807, 2.05) is 0 Å². The van der Waals surface area contributed by atoms with Crippen LogP contribution in [0.15, 0.2) is 36.4 Å². The van der Waals surface area contributed by atoms with Gasteiger partial charge in [-0.1, -0.05) is 64.1 Å². The zero-order valence-electron chi connectivity index (χ0n) is 11.1. The molecular formula is C16H22S. The summed E-state index contributed by atoms with van der Waals surface area (Å²) in [5.41, 5.74) is 3.02. The largest absolute Gasteiger partial charge is 0.197 e. The van der Waals surface area contributed by atoms with Crippen molar-refractivity contribution in [3.05, 3.63) is 47.5 Å². The van der Waals surface area contributed by atoms with E-state index in [1.165, 1.54) is 21.9 Å². The van der Waals surface area contributed by atoms with Gasteiger partial charge in [0.1, 0.15) is 0 Å². The van der Waals surface area contributed by atoms with Crippen LogP contribution in [0.4, 0.5) is 0 Å². The van der Waals surface area contributed by atoms with E-state index in [1.54, 1.807) is 0 Å². The van der Waals surface area contributed by atoms with Gasteiger partial charge in [0, 0.05) is 0 Å². The van der Waals surface area contributed by atoms with Gasteiger partial charge in [0.05, 0.1) is 0 Å². The summed E-state index contributed by atoms with van der Waals surface area (Å²) in [5.74, 6) is 1.19. The van der Waals surface area contributed by atoms with Crippen LogP contribution in [0.2, 0.25) is 0 Å². The maximum atomic E-state index is 2.29. The third-order valence-corrected chi connectivity index (χ3v) is 3.20. The Morgan fingerprint density at radius 3 is 2.00 bits per heavy atom. The minimum absolute atomic E-state index is 0. The van der Waals surface area contributed by atoms with Gasteiger partial charge in [0.2, 0.25) is 0 Å². The van der Waals surface area contributed by atoms with Gasteiger partial charge in [-0.3, -0.25) is 0 Å². The number of fused-ring (bicyclic) bond motifs is 1. The topological polar surface area (TPSA) is 0 Å². The minimum atomic E-state index is 0. The second kappa shape index (κ2) is 5.59. The fourth-order valence-electron chi connectivity index (χ4n) is 2.46. The summed E-state index contributed by atoms with van der Waals surface area (Å²) >= 11 is 0. The van der Waals surface area contributed by atoms with Crippen LogP contribution in [0.5, 0.6) is 0 Å². The Morgan fingerprint density at radius 2 is 1.41 bits per heavy atom. The minimum Gasteiger partial charge on any atom is -0.197 e. The Bertz CT molecular complexity index is 498. The van der Waals surface area contributed by atoms with Crippen LogP contribution in [-0.2, 0) is 0 Å². The molecule has 0 fully saturated rings. The lowest BCUT2D eigenvalue weighted by Crippen LogP contribution is -1.99. The molecule has 0 heterocycles. The van der Waals surface area contributed by atoms with Crippen molar-refractivity contribution in [1.29, 1.82) is 0 Å². The average molecular weight is 246 g/mol. The van der Waals surface area contributed by atoms with E-state index >= 15 is 0 Å². The Morgan fingerprint density at radius 1 is 0.765 bits per heavy atom. The summed E-state index contributed by atoms with van der Waals surface area (Å²) in [6.07, 6.45) is 0. The van der Waals surface area contributed by atoms with Crippen LogP contribution in [0.3, 0.4) is 0 Å². The van der Waals surface area contributed by atoms with Gasteiger partial charge in [-0.05, 0) is 33.7 Å². The highest BCUT2D eigenvalue weighted by molar-refractivity contribution is 7.59. The molecule has 0 saturated carbocycles. The molecule has 0 unspecified atom stereocenters. The molecule has 0 radical (unpaired) electrons. The Hall–Kier alpha value is -0.950. The molecular weight excluding hydrogens is 224 g/mol. The Kier molecular flexibility index (Phi) is 4.64. The van der Waals surface area contributed by atoms with Crippen LogP contribution in [0.25, 0.3) is 10.8 Å². The average Bonchev–Trinajstić information content (AvgIpc) is 2.27. The van der Waals surface area contributed by atoms with Crippen LogP contribution >= 0.6 is 13.5 Å². The first-order valence-electron chi connectivity index (χ1n) is 6.12. The normalized spacial score (nSPS) is 10.9. The van der Waals surface area contributed by atoms with E-state index < -0.39 is 0 Å². The standard InChI is InChI=1S/C16H20.H2S/c1-11(2)14-10-9-13-7-5-6-8-15(13)16(14)12(3)4;/h5-12H,1-4H3;1H2. The molecule has 0 nitrogen and oxygen atoms in total. The summed E-state index contributed by atoms with van der Waals surface area (Å²) in [5, 5.41) is 2.78. The van der Waals surface area contributed by atoms with E-state index in [-0.39, 0.29) is 13.5 Å². The predicted molar refractivity (Wildman–Crippen MR) is 82.5 cm³/mol. The molecule has 0 N–H and O–H groups in total. The molecule has 0 saturated heterocycles. The summed E-state index contributed by atoms with van der Waals surface area (Å²) in [7, 11) is 0. The fraction of sp³-hybridized carbons (Fsp3) is 0.375. The van der Waals surface area contributed by atoms with Crippen LogP contribution in [-0.4, -0.2) is 0 Å². The van der Waals surface area contributed by atoms with E-state index in [2.05, 4.69) is 64.1 Å². The third kappa shape index (κ3) is 2.66. The van der Waals surface area contributed by atoms with Crippen LogP contribution in [0, 0.1) is 0 Å². The van der Waals surface area contributed by atoms with Crippen molar-refractivity contribution in [1.82, 2.24) is 0 Å². The molecule has 0 aliphatic heterocycles. The molecule has 0 bridgehead atoms. The highest BCUT2D eigenvalue weighted by Gasteiger charge is 2.12. The van der Waals surface area contributed by atoms with Crippen molar-refractivity contribution in [3.8, 4) is 0 Å². The number of rotatable bonds is 2. The SMILES string of the molecule is CC(C)c1ccc2ccccc2c1C(C)C.S. The first-order chi connectivity index (χ1) is 7.61. The fourth-order valence-corrected chi connectivity index (χ4v) is 2.46. The van der Waals surface area contributed by atoms with E-state index in [0.29, 0.717) is 11.8 Å². The maximum absolute atomic E-state index is 2.29. The monoisotopic (exact) mass is 246 g/mol. The smallest absolute Gasteiger partial charge is 0.0146 e. The van der Waals surface area contributed by atoms with Crippen LogP contribution in [0.1, 0.15) is 50.7 Å². The van der Waals surface area contributed by atoms with Gasteiger partial charge in [-0.25, -0.2) is 0 Å². The van der Waals surface area contributed by atoms with Gasteiger partial charge in [-0.2, -0.15) is 13.5 Å². The molecule has 0 aromatic heterocycles. The lowest BCUT2D eigenvalue weighted by atomic mass is 9.86. The number of benzene rings is 2. The van der Waals surface area contributed by atoms with Crippen molar-refractivity contribution in [2.45, 2.75) is 39.5 Å². The molecule has 17 heavy (non-hydrogen) atoms. The van der Waals surface area contributed by atoms with Gasteiger partial charge in [0.15, 0.2) is 0 Å². The van der Waals surface area contributed by atoms with Crippen molar-refractivity contribution in [2.75, 3.05) is 0 Å². The molecule has 2 rings (SSSR count). The highest BCUT2D eigenvalue weighted by Crippen LogP contribution is 2.32. The van der Waals surface area contributed by atoms with Gasteiger partial charge >= 0.3 is 0 Å². The number of hydrogen-bond acceptors (Lipinski definition) is 0. The molecule has 0 aliphatic rings. The van der Waals surface area contributed by atoms with Crippen LogP contribution < -0.4 is 0 Å². The van der Waals surface area contributed by atoms with E-state index in [0.717, 1.165) is 0 Å². The molecule has 0 spiro atoms. The molecule has 0 amide bonds. The molecule has 0 atom stereocenters. The summed E-state index contributed by atoms with van der Waals surface area (Å²) in [6, 6.07) is 13.2. The highest BCUT2D eigenvalue weighted by atomic mass is 32.1. The van der Waals surface area contributed by atoms with Crippen molar-refractivity contribution >= 4 is 24.3 Å². The second-order valence-corrected chi connectivity index (χ2v) is 5.10. The Labute approximate surface area is 111 Å². The third-order valence-electron chi connectivity index (χ3n) is 3.20. The van der Waals surface area contributed by atoms with Crippen molar-refractivity contribution < 1.29 is 0 Å². The molecule has 2 aromatic carbocycles. The summed E-state index contributed by atoms with van der Waals surface area (Å²) < 4.78 is 0. The Balaban J connectivity index is 0.00000144. The summed E-state index contributed by atoms with van der Waals surface area (Å²) in [4.78, 5) is 0. The zero-order chi connectivity index (χ0) is 11.7. The van der Waals surface area contributed by atoms with E-state index in [9.17, 15) is 0 Å². The molecule has 92 valence electrons. The first kappa shape index (κ1) is 14.1. The molecule has 1 heteroatoms. The lowest BCUT2D eigenvalue weighted by molar-refractivity contribution is 0.798. The van der Waals surface area contributed by atoms with Crippen molar-refractivity contribution in [2.24, 2.45) is 0 Å².